The average Bonchev–Trinajstić information content (AvgIpc) is 3.62. The van der Waals surface area contributed by atoms with Crippen LogP contribution in [0.1, 0.15) is 11.4 Å². The van der Waals surface area contributed by atoms with Crippen molar-refractivity contribution in [2.24, 2.45) is 20.5 Å². The maximum atomic E-state index is 12.6. The Labute approximate surface area is 366 Å². The largest absolute Gasteiger partial charge is 3.00 e. The van der Waals surface area contributed by atoms with Crippen LogP contribution in [0.15, 0.2) is 137 Å². The average molecular weight is 876 g/mol. The van der Waals surface area contributed by atoms with Crippen LogP contribution in [0.3, 0.4) is 0 Å². The molecule has 58 heavy (non-hydrogen) atoms. The fourth-order valence-electron chi connectivity index (χ4n) is 4.93. The molecule has 2 aromatic heterocycles. The Morgan fingerprint density at radius 2 is 0.879 bits per heavy atom. The Morgan fingerprint density at radius 1 is 0.552 bits per heavy atom. The van der Waals surface area contributed by atoms with Crippen LogP contribution in [0.5, 0.6) is 11.5 Å². The molecule has 0 spiro atoms. The second kappa shape index (κ2) is 19.7. The van der Waals surface area contributed by atoms with Crippen molar-refractivity contribution in [3.05, 3.63) is 129 Å². The number of rotatable bonds is 10. The van der Waals surface area contributed by atoms with E-state index < -0.39 is 42.7 Å². The summed E-state index contributed by atoms with van der Waals surface area (Å²) in [7, 11) is -1.94. The quantitative estimate of drug-likeness (QED) is 0.150. The van der Waals surface area contributed by atoms with Gasteiger partial charge >= 0.3 is 46.9 Å². The molecule has 295 valence electrons. The fourth-order valence-corrected chi connectivity index (χ4v) is 6.77. The van der Waals surface area contributed by atoms with Crippen molar-refractivity contribution in [2.45, 2.75) is 23.6 Å². The number of benzene rings is 4. The molecule has 6 aromatic rings. The predicted molar refractivity (Wildman–Crippen MR) is 204 cm³/mol. The zero-order valence-corrected chi connectivity index (χ0v) is 37.2. The molecule has 0 saturated heterocycles. The smallest absolute Gasteiger partial charge is 0.871 e. The van der Waals surface area contributed by atoms with Gasteiger partial charge in [-0.25, -0.2) is 34.8 Å². The topological polar surface area (TPSA) is 246 Å². The van der Waals surface area contributed by atoms with Crippen molar-refractivity contribution in [1.29, 1.82) is 0 Å². The van der Waals surface area contributed by atoms with Crippen molar-refractivity contribution >= 4 is 42.8 Å². The Hall–Kier alpha value is -4.95. The maximum Gasteiger partial charge on any atom is 3.00 e. The Bertz CT molecular complexity index is 2590. The van der Waals surface area contributed by atoms with E-state index >= 15 is 0 Å². The molecule has 4 aromatic carbocycles. The van der Waals surface area contributed by atoms with Gasteiger partial charge in [0.15, 0.2) is 11.4 Å². The van der Waals surface area contributed by atoms with E-state index in [1.54, 1.807) is 62.4 Å². The zero-order chi connectivity index (χ0) is 40.9. The third kappa shape index (κ3) is 10.4. The van der Waals surface area contributed by atoms with Gasteiger partial charge in [0.2, 0.25) is 20.0 Å². The molecule has 0 bridgehead atoms. The number of azo groups is 2. The summed E-state index contributed by atoms with van der Waals surface area (Å²) in [6.45, 7) is 3.33. The molecule has 6 rings (SSSR count). The molecule has 0 fully saturated rings. The van der Waals surface area contributed by atoms with Crippen molar-refractivity contribution in [3.63, 3.8) is 0 Å². The number of aromatic nitrogens is 4. The van der Waals surface area contributed by atoms with Crippen molar-refractivity contribution in [3.8, 4) is 22.9 Å². The first-order valence-corrected chi connectivity index (χ1v) is 19.4. The first kappa shape index (κ1) is 47.4. The molecule has 1 radical (unpaired) electrons. The number of aryl methyl sites for hydroxylation is 2. The fraction of sp³-hybridized carbons (Fsp3) is 0.167. The Balaban J connectivity index is 0.000000300. The number of para-hydroxylation sites is 2. The number of aromatic amines is 2. The minimum atomic E-state index is -3.72. The van der Waals surface area contributed by atoms with Crippen molar-refractivity contribution in [2.75, 3.05) is 28.2 Å². The second-order valence-electron chi connectivity index (χ2n) is 12.4. The molecule has 2 heterocycles. The zero-order valence-electron chi connectivity index (χ0n) is 32.3. The number of sulfonamides is 2. The van der Waals surface area contributed by atoms with E-state index in [0.717, 1.165) is 20.7 Å². The molecule has 2 N–H and O–H groups in total. The van der Waals surface area contributed by atoms with Gasteiger partial charge in [-0.3, -0.25) is 19.8 Å². The maximum absolute atomic E-state index is 12.6. The third-order valence-electron chi connectivity index (χ3n) is 8.04. The Kier molecular flexibility index (Phi) is 16.1. The van der Waals surface area contributed by atoms with Gasteiger partial charge in [-0.1, -0.05) is 47.9 Å². The van der Waals surface area contributed by atoms with Gasteiger partial charge in [-0.15, -0.1) is 10.2 Å². The number of hydrogen-bond acceptors (Lipinski definition) is 12. The molecule has 22 heteroatoms. The summed E-state index contributed by atoms with van der Waals surface area (Å²) in [5, 5.41) is 45.7. The van der Waals surface area contributed by atoms with Crippen LogP contribution in [0.4, 0.5) is 22.7 Å². The minimum absolute atomic E-state index is 0. The summed E-state index contributed by atoms with van der Waals surface area (Å²) < 4.78 is 53.0. The third-order valence-corrected chi connectivity index (χ3v) is 11.7. The summed E-state index contributed by atoms with van der Waals surface area (Å²) in [6, 6.07) is 24.9. The molecule has 18 nitrogen and oxygen atoms in total. The normalized spacial score (nSPS) is 11.7. The van der Waals surface area contributed by atoms with E-state index in [1.165, 1.54) is 61.8 Å². The van der Waals surface area contributed by atoms with E-state index in [-0.39, 0.29) is 79.5 Å². The van der Waals surface area contributed by atoms with Gasteiger partial charge in [0.05, 0.1) is 43.9 Å². The van der Waals surface area contributed by atoms with Crippen LogP contribution in [0.25, 0.3) is 11.4 Å². The SMILES string of the molecule is Cc1[nH]n(-c2ccccc2)c(=O)c1N=Nc1ccc(S(=O)(=O)N(C)C)cc1[O-].Cc1[nH]n(-c2ccccc2)c(=O)c1N=Nc1ccc(S(=O)(=O)N(C)C)cc1[O-].[Cr+3].[Na+]. The first-order valence-electron chi connectivity index (χ1n) is 16.5. The van der Waals surface area contributed by atoms with E-state index in [4.69, 9.17) is 0 Å². The van der Waals surface area contributed by atoms with Crippen LogP contribution in [-0.4, -0.2) is 73.2 Å². The van der Waals surface area contributed by atoms with Crippen LogP contribution < -0.4 is 50.9 Å². The van der Waals surface area contributed by atoms with E-state index in [0.29, 0.717) is 22.8 Å². The van der Waals surface area contributed by atoms with E-state index in [9.17, 15) is 36.6 Å². The molecule has 0 aliphatic rings. The van der Waals surface area contributed by atoms with Gasteiger partial charge < -0.3 is 10.2 Å². The first-order chi connectivity index (χ1) is 26.4. The van der Waals surface area contributed by atoms with Crippen LogP contribution in [-0.2, 0) is 37.4 Å². The second-order valence-corrected chi connectivity index (χ2v) is 16.7. The summed E-state index contributed by atoms with van der Waals surface area (Å²) in [5.41, 5.74) is 1.42. The molecular formula is C36H36CrN10NaO8S2+2. The van der Waals surface area contributed by atoms with E-state index in [2.05, 4.69) is 30.7 Å². The predicted octanol–water partition coefficient (Wildman–Crippen LogP) is 1.43. The summed E-state index contributed by atoms with van der Waals surface area (Å²) >= 11 is 0. The number of hydrogen-bond donors (Lipinski definition) is 2. The number of nitrogens with zero attached hydrogens (tertiary/aromatic N) is 8. The molecule has 0 saturated carbocycles. The molecule has 0 atom stereocenters. The molecular weight excluding hydrogens is 840 g/mol. The van der Waals surface area contributed by atoms with Gasteiger partial charge in [-0.2, -0.15) is 10.2 Å². The molecule has 0 aliphatic heterocycles. The van der Waals surface area contributed by atoms with Crippen molar-refractivity contribution < 1.29 is 74.0 Å². The summed E-state index contributed by atoms with van der Waals surface area (Å²) in [5.74, 6) is -1.22. The van der Waals surface area contributed by atoms with Crippen LogP contribution >= 0.6 is 0 Å². The van der Waals surface area contributed by atoms with Gasteiger partial charge in [0.25, 0.3) is 11.1 Å². The summed E-state index contributed by atoms with van der Waals surface area (Å²) in [4.78, 5) is 24.9. The Morgan fingerprint density at radius 3 is 1.17 bits per heavy atom. The molecule has 0 aliphatic carbocycles. The van der Waals surface area contributed by atoms with Crippen LogP contribution in [0, 0.1) is 13.8 Å². The monoisotopic (exact) mass is 875 g/mol. The minimum Gasteiger partial charge on any atom is -0.871 e. The standard InChI is InChI=1S/2C18H19N5O4S.Cr.Na/c2*1-12-17(18(25)23(21-12)13-7-5-4-6-8-13)20-19-15-10-9-14(11-16(15)24)28(26,27)22(2)3;;/h2*4-11,21,24H,1-3H3;;/q;;+3;+1/p-2. The van der Waals surface area contributed by atoms with Crippen LogP contribution in [0.2, 0.25) is 0 Å². The summed E-state index contributed by atoms with van der Waals surface area (Å²) in [6.07, 6.45) is 0. The van der Waals surface area contributed by atoms with Gasteiger partial charge in [0, 0.05) is 28.2 Å². The number of nitrogens with one attached hydrogen (secondary N) is 2. The van der Waals surface area contributed by atoms with E-state index in [1.807, 2.05) is 12.1 Å². The number of H-pyrrole nitrogens is 2. The molecule has 0 amide bonds. The van der Waals surface area contributed by atoms with Gasteiger partial charge in [-0.05, 0) is 74.5 Å². The van der Waals surface area contributed by atoms with Gasteiger partial charge in [0.1, 0.15) is 0 Å². The molecule has 0 unspecified atom stereocenters. The van der Waals surface area contributed by atoms with Crippen molar-refractivity contribution in [1.82, 2.24) is 28.2 Å².